The van der Waals surface area contributed by atoms with Gasteiger partial charge < -0.3 is 25.1 Å². The van der Waals surface area contributed by atoms with Crippen molar-refractivity contribution in [2.75, 3.05) is 57.3 Å². The third-order valence-electron chi connectivity index (χ3n) is 5.99. The first-order valence-corrected chi connectivity index (χ1v) is 11.6. The number of hydrogen-bond acceptors (Lipinski definition) is 6. The molecule has 0 radical (unpaired) electrons. The van der Waals surface area contributed by atoms with E-state index in [1.54, 1.807) is 0 Å². The number of carboxylic acids is 1. The number of hydrogen-bond donors (Lipinski definition) is 3. The highest BCUT2D eigenvalue weighted by Gasteiger charge is 2.19. The largest absolute Gasteiger partial charge is 0.479 e. The Bertz CT molecular complexity index is 874. The third kappa shape index (κ3) is 7.14. The molecule has 2 aromatic rings. The Morgan fingerprint density at radius 1 is 0.848 bits per heavy atom. The smallest absolute Gasteiger partial charge is 0.332 e. The van der Waals surface area contributed by atoms with Crippen molar-refractivity contribution in [1.82, 2.24) is 9.80 Å². The molecule has 7 heteroatoms. The molecule has 1 atom stereocenters. The fraction of sp³-hybridized carbons (Fsp3) is 0.423. The Morgan fingerprint density at radius 2 is 1.30 bits per heavy atom. The molecule has 2 heterocycles. The van der Waals surface area contributed by atoms with Crippen LogP contribution in [-0.2, 0) is 4.79 Å². The molecular formula is C26H35N3O4. The second-order valence-corrected chi connectivity index (χ2v) is 8.38. The van der Waals surface area contributed by atoms with Crippen LogP contribution < -0.4 is 4.90 Å². The quantitative estimate of drug-likeness (QED) is 0.594. The first kappa shape index (κ1) is 24.9. The van der Waals surface area contributed by atoms with Gasteiger partial charge in [-0.15, -0.1) is 0 Å². The van der Waals surface area contributed by atoms with Gasteiger partial charge in [-0.3, -0.25) is 4.90 Å². The van der Waals surface area contributed by atoms with Crippen molar-refractivity contribution >= 4 is 29.5 Å². The van der Waals surface area contributed by atoms with Crippen molar-refractivity contribution < 1.29 is 20.1 Å². The highest BCUT2D eigenvalue weighted by Crippen LogP contribution is 2.36. The third-order valence-corrected chi connectivity index (χ3v) is 5.99. The SMILES string of the molecule is CC(O)C(=O)O.OCCN1CCN(CCCN2c3ccccc3C=Cc3ccccc32)CC1. The zero-order valence-electron chi connectivity index (χ0n) is 19.3. The van der Waals surface area contributed by atoms with Crippen LogP contribution in [0.15, 0.2) is 48.5 Å². The van der Waals surface area contributed by atoms with Gasteiger partial charge in [0, 0.05) is 50.6 Å². The molecule has 1 unspecified atom stereocenters. The Hall–Kier alpha value is -2.71. The average molecular weight is 454 g/mol. The van der Waals surface area contributed by atoms with Gasteiger partial charge >= 0.3 is 5.97 Å². The lowest BCUT2D eigenvalue weighted by molar-refractivity contribution is -0.145. The summed E-state index contributed by atoms with van der Waals surface area (Å²) in [6.45, 7) is 8.77. The van der Waals surface area contributed by atoms with Crippen LogP contribution in [0.2, 0.25) is 0 Å². The molecule has 0 amide bonds. The van der Waals surface area contributed by atoms with E-state index in [4.69, 9.17) is 15.3 Å². The van der Waals surface area contributed by atoms with Crippen molar-refractivity contribution in [3.05, 3.63) is 59.7 Å². The fourth-order valence-electron chi connectivity index (χ4n) is 4.13. The number of β-amino-alcohol motifs (C(OH)–C–C–N with tert-alkyl or cyclic N) is 1. The molecule has 0 aliphatic carbocycles. The monoisotopic (exact) mass is 453 g/mol. The molecule has 2 aromatic carbocycles. The van der Waals surface area contributed by atoms with Gasteiger partial charge in [0.25, 0.3) is 0 Å². The summed E-state index contributed by atoms with van der Waals surface area (Å²) in [5.41, 5.74) is 5.16. The summed E-state index contributed by atoms with van der Waals surface area (Å²) in [4.78, 5) is 16.8. The molecule has 4 rings (SSSR count). The maximum absolute atomic E-state index is 9.45. The second kappa shape index (κ2) is 12.5. The van der Waals surface area contributed by atoms with Gasteiger partial charge in [-0.25, -0.2) is 4.79 Å². The highest BCUT2D eigenvalue weighted by molar-refractivity contribution is 5.88. The van der Waals surface area contributed by atoms with Gasteiger partial charge in [0.15, 0.2) is 0 Å². The lowest BCUT2D eigenvalue weighted by Crippen LogP contribution is -2.47. The molecule has 178 valence electrons. The Morgan fingerprint density at radius 3 is 1.76 bits per heavy atom. The molecule has 1 fully saturated rings. The lowest BCUT2D eigenvalue weighted by atomic mass is 10.1. The van der Waals surface area contributed by atoms with Crippen molar-refractivity contribution in [3.63, 3.8) is 0 Å². The topological polar surface area (TPSA) is 87.5 Å². The maximum atomic E-state index is 9.45. The molecule has 0 bridgehead atoms. The number of rotatable bonds is 7. The van der Waals surface area contributed by atoms with Crippen molar-refractivity contribution in [2.24, 2.45) is 0 Å². The summed E-state index contributed by atoms with van der Waals surface area (Å²) >= 11 is 0. The minimum absolute atomic E-state index is 0.266. The van der Waals surface area contributed by atoms with E-state index < -0.39 is 12.1 Å². The molecule has 0 spiro atoms. The number of carboxylic acid groups (broad SMARTS) is 1. The van der Waals surface area contributed by atoms with E-state index in [2.05, 4.69) is 75.4 Å². The minimum Gasteiger partial charge on any atom is -0.479 e. The molecule has 2 aliphatic rings. The van der Waals surface area contributed by atoms with Gasteiger partial charge in [0.2, 0.25) is 0 Å². The number of nitrogens with zero attached hydrogens (tertiary/aromatic N) is 3. The van der Waals surface area contributed by atoms with Crippen LogP contribution in [-0.4, -0.2) is 89.6 Å². The number of aliphatic hydroxyl groups is 2. The van der Waals surface area contributed by atoms with E-state index >= 15 is 0 Å². The zero-order chi connectivity index (χ0) is 23.6. The second-order valence-electron chi connectivity index (χ2n) is 8.38. The molecule has 3 N–H and O–H groups in total. The standard InChI is InChI=1S/C23H29N3O.C3H6O3/c27-19-18-25-16-14-24(15-17-25)12-5-13-26-22-8-3-1-6-20(22)10-11-21-7-2-4-9-23(21)26;1-2(4)3(5)6/h1-4,6-11,27H,5,12-19H2;2,4H,1H3,(H,5,6). The maximum Gasteiger partial charge on any atom is 0.332 e. The Kier molecular flexibility index (Phi) is 9.45. The van der Waals surface area contributed by atoms with Crippen molar-refractivity contribution in [3.8, 4) is 0 Å². The molecule has 1 saturated heterocycles. The van der Waals surface area contributed by atoms with E-state index in [-0.39, 0.29) is 6.61 Å². The van der Waals surface area contributed by atoms with Crippen molar-refractivity contribution in [1.29, 1.82) is 0 Å². The van der Waals surface area contributed by atoms with Crippen LogP contribution in [0.25, 0.3) is 12.2 Å². The summed E-state index contributed by atoms with van der Waals surface area (Å²) in [5.74, 6) is -1.19. The molecule has 7 nitrogen and oxygen atoms in total. The van der Waals surface area contributed by atoms with E-state index in [1.165, 1.54) is 29.4 Å². The van der Waals surface area contributed by atoms with Crippen LogP contribution in [0.5, 0.6) is 0 Å². The number of carbonyl (C=O) groups is 1. The summed E-state index contributed by atoms with van der Waals surface area (Å²) in [6, 6.07) is 17.4. The number of aliphatic carboxylic acids is 1. The molecule has 0 saturated carbocycles. The Balaban J connectivity index is 0.000000454. The molecular weight excluding hydrogens is 418 g/mol. The molecule has 2 aliphatic heterocycles. The van der Waals surface area contributed by atoms with E-state index in [1.807, 2.05) is 0 Å². The first-order valence-electron chi connectivity index (χ1n) is 11.6. The summed E-state index contributed by atoms with van der Waals surface area (Å²) in [7, 11) is 0. The fourth-order valence-corrected chi connectivity index (χ4v) is 4.13. The predicted octanol–water partition coefficient (Wildman–Crippen LogP) is 2.76. The minimum atomic E-state index is -1.23. The van der Waals surface area contributed by atoms with E-state index in [9.17, 15) is 4.79 Å². The van der Waals surface area contributed by atoms with E-state index in [0.29, 0.717) is 0 Å². The van der Waals surface area contributed by atoms with Crippen molar-refractivity contribution in [2.45, 2.75) is 19.4 Å². The number of piperazine rings is 1. The number of aliphatic hydroxyl groups excluding tert-OH is 2. The van der Waals surface area contributed by atoms with Gasteiger partial charge in [-0.1, -0.05) is 48.6 Å². The highest BCUT2D eigenvalue weighted by atomic mass is 16.4. The van der Waals surface area contributed by atoms with Gasteiger partial charge in [-0.05, 0) is 43.1 Å². The summed E-state index contributed by atoms with van der Waals surface area (Å²) in [6.07, 6.45) is 4.37. The Labute approximate surface area is 196 Å². The van der Waals surface area contributed by atoms with Crippen LogP contribution in [0.4, 0.5) is 11.4 Å². The van der Waals surface area contributed by atoms with E-state index in [0.717, 1.165) is 52.2 Å². The normalized spacial score (nSPS) is 16.8. The van der Waals surface area contributed by atoms with Gasteiger partial charge in [-0.2, -0.15) is 0 Å². The predicted molar refractivity (Wildman–Crippen MR) is 133 cm³/mol. The van der Waals surface area contributed by atoms with Crippen LogP contribution >= 0.6 is 0 Å². The summed E-state index contributed by atoms with van der Waals surface area (Å²) in [5, 5.41) is 24.9. The van der Waals surface area contributed by atoms with Crippen LogP contribution in [0.1, 0.15) is 24.5 Å². The first-order chi connectivity index (χ1) is 16.0. The molecule has 33 heavy (non-hydrogen) atoms. The number of anilines is 2. The number of benzene rings is 2. The zero-order valence-corrected chi connectivity index (χ0v) is 19.3. The van der Waals surface area contributed by atoms with Gasteiger partial charge in [0.05, 0.1) is 6.61 Å². The average Bonchev–Trinajstić information content (AvgIpc) is 2.98. The van der Waals surface area contributed by atoms with Crippen LogP contribution in [0.3, 0.4) is 0 Å². The lowest BCUT2D eigenvalue weighted by Gasteiger charge is -2.35. The van der Waals surface area contributed by atoms with Crippen LogP contribution in [0, 0.1) is 0 Å². The molecule has 0 aromatic heterocycles. The number of fused-ring (bicyclic) bond motifs is 2. The van der Waals surface area contributed by atoms with Gasteiger partial charge in [0.1, 0.15) is 6.10 Å². The number of para-hydroxylation sites is 2. The summed E-state index contributed by atoms with van der Waals surface area (Å²) < 4.78 is 0.